The highest BCUT2D eigenvalue weighted by Gasteiger charge is 2.12. The monoisotopic (exact) mass is 238 g/mol. The third-order valence-electron chi connectivity index (χ3n) is 2.79. The molecule has 0 heterocycles. The number of Topliss-reactive ketones (excluding diaryl/α,β-unsaturated/α-hetero) is 1. The number of aromatic hydroxyl groups is 1. The van der Waals surface area contributed by atoms with E-state index in [9.17, 15) is 9.90 Å². The molecular formula is C16H14O2. The number of carbonyl (C=O) groups is 1. The lowest BCUT2D eigenvalue weighted by Crippen LogP contribution is -2.00. The van der Waals surface area contributed by atoms with E-state index >= 15 is 0 Å². The van der Waals surface area contributed by atoms with Crippen LogP contribution in [0.4, 0.5) is 0 Å². The van der Waals surface area contributed by atoms with Gasteiger partial charge in [0.05, 0.1) is 5.56 Å². The van der Waals surface area contributed by atoms with Crippen LogP contribution in [-0.2, 0) is 0 Å². The minimum absolute atomic E-state index is 0.00493. The Morgan fingerprint density at radius 1 is 1.33 bits per heavy atom. The van der Waals surface area contributed by atoms with Gasteiger partial charge in [-0.05, 0) is 43.4 Å². The quantitative estimate of drug-likeness (QED) is 0.464. The molecule has 1 aliphatic carbocycles. The van der Waals surface area contributed by atoms with E-state index in [0.29, 0.717) is 5.56 Å². The molecule has 0 amide bonds. The Morgan fingerprint density at radius 2 is 2.11 bits per heavy atom. The number of allylic oxidation sites excluding steroid dienone is 4. The number of ketones is 1. The van der Waals surface area contributed by atoms with Crippen LogP contribution >= 0.6 is 0 Å². The summed E-state index contributed by atoms with van der Waals surface area (Å²) in [5, 5.41) is 9.82. The van der Waals surface area contributed by atoms with Gasteiger partial charge in [0.25, 0.3) is 0 Å². The van der Waals surface area contributed by atoms with Crippen molar-refractivity contribution in [3.8, 4) is 17.6 Å². The van der Waals surface area contributed by atoms with Crippen molar-refractivity contribution < 1.29 is 9.90 Å². The first-order valence-electron chi connectivity index (χ1n) is 5.80. The Labute approximate surface area is 107 Å². The molecule has 0 unspecified atom stereocenters. The van der Waals surface area contributed by atoms with E-state index in [1.807, 2.05) is 31.2 Å². The zero-order valence-electron chi connectivity index (χ0n) is 10.4. The second-order valence-corrected chi connectivity index (χ2v) is 4.38. The first kappa shape index (κ1) is 12.2. The Bertz CT molecular complexity index is 599. The Morgan fingerprint density at radius 3 is 2.72 bits per heavy atom. The zero-order chi connectivity index (χ0) is 13.1. The molecule has 2 nitrogen and oxygen atoms in total. The predicted molar refractivity (Wildman–Crippen MR) is 71.5 cm³/mol. The summed E-state index contributed by atoms with van der Waals surface area (Å²) in [5.41, 5.74) is 2.91. The minimum atomic E-state index is -0.335. The number of rotatable bonds is 1. The van der Waals surface area contributed by atoms with Gasteiger partial charge in [-0.3, -0.25) is 4.79 Å². The van der Waals surface area contributed by atoms with Crippen molar-refractivity contribution in [2.24, 2.45) is 0 Å². The lowest BCUT2D eigenvalue weighted by Gasteiger charge is -2.05. The molecule has 0 saturated heterocycles. The zero-order valence-corrected chi connectivity index (χ0v) is 10.4. The third kappa shape index (κ3) is 2.52. The maximum atomic E-state index is 12.0. The molecule has 1 aliphatic rings. The van der Waals surface area contributed by atoms with Crippen molar-refractivity contribution in [1.29, 1.82) is 0 Å². The SMILES string of the molecule is Cc1cc(C)c(C(=O)C#CC2=CC=CC2)c(O)c1. The van der Waals surface area contributed by atoms with Gasteiger partial charge >= 0.3 is 0 Å². The van der Waals surface area contributed by atoms with Crippen molar-refractivity contribution in [1.82, 2.24) is 0 Å². The molecule has 0 fully saturated rings. The van der Waals surface area contributed by atoms with Crippen LogP contribution in [0.3, 0.4) is 0 Å². The highest BCUT2D eigenvalue weighted by Crippen LogP contribution is 2.23. The van der Waals surface area contributed by atoms with Gasteiger partial charge in [0.15, 0.2) is 0 Å². The molecule has 1 N–H and O–H groups in total. The fourth-order valence-corrected chi connectivity index (χ4v) is 1.98. The van der Waals surface area contributed by atoms with E-state index in [2.05, 4.69) is 11.8 Å². The Balaban J connectivity index is 2.29. The van der Waals surface area contributed by atoms with E-state index in [-0.39, 0.29) is 11.5 Å². The van der Waals surface area contributed by atoms with Crippen LogP contribution < -0.4 is 0 Å². The Hall–Kier alpha value is -2.27. The molecule has 90 valence electrons. The number of carbonyl (C=O) groups excluding carboxylic acids is 1. The standard InChI is InChI=1S/C16H14O2/c1-11-9-12(2)16(15(18)10-11)14(17)8-7-13-5-3-4-6-13/h3-5,9-10,18H,6H2,1-2H3. The summed E-state index contributed by atoms with van der Waals surface area (Å²) in [6.45, 7) is 3.68. The fraction of sp³-hybridized carbons (Fsp3) is 0.188. The van der Waals surface area contributed by atoms with Crippen LogP contribution in [-0.4, -0.2) is 10.9 Å². The molecule has 2 rings (SSSR count). The average Bonchev–Trinajstić information content (AvgIpc) is 2.77. The van der Waals surface area contributed by atoms with E-state index in [1.165, 1.54) is 0 Å². The normalized spacial score (nSPS) is 12.9. The summed E-state index contributed by atoms with van der Waals surface area (Å²) in [6, 6.07) is 3.45. The number of hydrogen-bond acceptors (Lipinski definition) is 2. The van der Waals surface area contributed by atoms with Gasteiger partial charge < -0.3 is 5.11 Å². The van der Waals surface area contributed by atoms with Gasteiger partial charge in [-0.25, -0.2) is 0 Å². The number of hydrogen-bond donors (Lipinski definition) is 1. The summed E-state index contributed by atoms with van der Waals surface area (Å²) < 4.78 is 0. The summed E-state index contributed by atoms with van der Waals surface area (Å²) in [7, 11) is 0. The molecular weight excluding hydrogens is 224 g/mol. The van der Waals surface area contributed by atoms with E-state index in [4.69, 9.17) is 0 Å². The summed E-state index contributed by atoms with van der Waals surface area (Å²) >= 11 is 0. The summed E-state index contributed by atoms with van der Waals surface area (Å²) in [5.74, 6) is 5.09. The van der Waals surface area contributed by atoms with Gasteiger partial charge in [-0.15, -0.1) is 0 Å². The molecule has 1 aromatic carbocycles. The Kier molecular flexibility index (Phi) is 3.34. The van der Waals surface area contributed by atoms with Crippen molar-refractivity contribution >= 4 is 5.78 Å². The maximum absolute atomic E-state index is 12.0. The van der Waals surface area contributed by atoms with Crippen molar-refractivity contribution in [2.45, 2.75) is 20.3 Å². The molecule has 1 aromatic rings. The molecule has 18 heavy (non-hydrogen) atoms. The topological polar surface area (TPSA) is 37.3 Å². The van der Waals surface area contributed by atoms with Crippen molar-refractivity contribution in [2.75, 3.05) is 0 Å². The predicted octanol–water partition coefficient (Wildman–Crippen LogP) is 3.08. The lowest BCUT2D eigenvalue weighted by molar-refractivity contribution is 0.105. The second kappa shape index (κ2) is 4.93. The molecule has 0 spiro atoms. The van der Waals surface area contributed by atoms with Gasteiger partial charge in [-0.1, -0.05) is 30.2 Å². The molecule has 2 heteroatoms. The highest BCUT2D eigenvalue weighted by molar-refractivity contribution is 6.12. The number of aryl methyl sites for hydroxylation is 2. The molecule has 0 saturated carbocycles. The first-order chi connectivity index (χ1) is 8.58. The van der Waals surface area contributed by atoms with Gasteiger partial charge in [-0.2, -0.15) is 0 Å². The van der Waals surface area contributed by atoms with Gasteiger partial charge in [0.2, 0.25) is 5.78 Å². The van der Waals surface area contributed by atoms with Crippen LogP contribution in [0, 0.1) is 25.7 Å². The number of phenols is 1. The first-order valence-corrected chi connectivity index (χ1v) is 5.80. The molecule has 0 bridgehead atoms. The average molecular weight is 238 g/mol. The third-order valence-corrected chi connectivity index (χ3v) is 2.79. The van der Waals surface area contributed by atoms with Crippen LogP contribution in [0.1, 0.15) is 27.9 Å². The van der Waals surface area contributed by atoms with E-state index in [1.54, 1.807) is 13.0 Å². The van der Waals surface area contributed by atoms with Crippen LogP contribution in [0.5, 0.6) is 5.75 Å². The van der Waals surface area contributed by atoms with Crippen LogP contribution in [0.15, 0.2) is 35.9 Å². The van der Waals surface area contributed by atoms with Crippen molar-refractivity contribution in [3.63, 3.8) is 0 Å². The largest absolute Gasteiger partial charge is 0.507 e. The van der Waals surface area contributed by atoms with Crippen molar-refractivity contribution in [3.05, 3.63) is 52.6 Å². The molecule has 0 aromatic heterocycles. The lowest BCUT2D eigenvalue weighted by atomic mass is 10.0. The maximum Gasteiger partial charge on any atom is 0.240 e. The second-order valence-electron chi connectivity index (χ2n) is 4.38. The van der Waals surface area contributed by atoms with Crippen LogP contribution in [0.2, 0.25) is 0 Å². The summed E-state index contributed by atoms with van der Waals surface area (Å²) in [4.78, 5) is 12.0. The number of benzene rings is 1. The van der Waals surface area contributed by atoms with E-state index < -0.39 is 0 Å². The molecule has 0 radical (unpaired) electrons. The number of phenolic OH excluding ortho intramolecular Hbond substituents is 1. The van der Waals surface area contributed by atoms with E-state index in [0.717, 1.165) is 23.1 Å². The smallest absolute Gasteiger partial charge is 0.240 e. The fourth-order valence-electron chi connectivity index (χ4n) is 1.98. The molecule has 0 atom stereocenters. The minimum Gasteiger partial charge on any atom is -0.507 e. The molecule has 0 aliphatic heterocycles. The van der Waals surface area contributed by atoms with Gasteiger partial charge in [0, 0.05) is 5.57 Å². The summed E-state index contributed by atoms with van der Waals surface area (Å²) in [6.07, 6.45) is 6.58. The van der Waals surface area contributed by atoms with Gasteiger partial charge in [0.1, 0.15) is 5.75 Å². The van der Waals surface area contributed by atoms with Crippen LogP contribution in [0.25, 0.3) is 0 Å². The highest BCUT2D eigenvalue weighted by atomic mass is 16.3.